The lowest BCUT2D eigenvalue weighted by Crippen LogP contribution is -2.28. The van der Waals surface area contributed by atoms with Gasteiger partial charge in [-0.15, -0.1) is 0 Å². The minimum atomic E-state index is -0.411. The molecule has 6 heteroatoms. The van der Waals surface area contributed by atoms with E-state index in [1.165, 1.54) is 0 Å². The first kappa shape index (κ1) is 17.8. The van der Waals surface area contributed by atoms with Crippen LogP contribution in [0, 0.1) is 19.8 Å². The Kier molecular flexibility index (Phi) is 5.02. The van der Waals surface area contributed by atoms with Gasteiger partial charge in [0.15, 0.2) is 0 Å². The molecule has 1 N–H and O–H groups in total. The molecule has 0 bridgehead atoms. The Labute approximate surface area is 156 Å². The van der Waals surface area contributed by atoms with Crippen LogP contribution in [0.1, 0.15) is 17.5 Å². The molecular weight excluding hydrogens is 359 g/mol. The molecule has 0 radical (unpaired) electrons. The van der Waals surface area contributed by atoms with Gasteiger partial charge in [-0.2, -0.15) is 0 Å². The highest BCUT2D eigenvalue weighted by Gasteiger charge is 2.35. The number of carbonyl (C=O) groups excluding carboxylic acids is 2. The molecule has 0 aliphatic carbocycles. The first-order valence-corrected chi connectivity index (χ1v) is 8.75. The third kappa shape index (κ3) is 3.65. The first-order valence-electron chi connectivity index (χ1n) is 7.99. The highest BCUT2D eigenvalue weighted by Crippen LogP contribution is 2.30. The average molecular weight is 377 g/mol. The number of hydrogen-bond donors (Lipinski definition) is 1. The summed E-state index contributed by atoms with van der Waals surface area (Å²) in [6, 6.07) is 10.8. The van der Waals surface area contributed by atoms with Crippen LogP contribution < -0.4 is 10.2 Å². The van der Waals surface area contributed by atoms with Crippen molar-refractivity contribution in [2.75, 3.05) is 16.8 Å². The summed E-state index contributed by atoms with van der Waals surface area (Å²) in [4.78, 5) is 26.5. The van der Waals surface area contributed by atoms with Crippen molar-refractivity contribution >= 4 is 46.4 Å². The standard InChI is InChI=1S/C19H18Cl2N2O2/c1-11-6-7-14(9-16(11)21)23-10-13(8-18(23)24)19(25)22-17-5-3-4-15(20)12(17)2/h3-7,9,13H,8,10H2,1-2H3,(H,22,25)/t13-/m1/s1. The van der Waals surface area contributed by atoms with E-state index in [-0.39, 0.29) is 18.2 Å². The fraction of sp³-hybridized carbons (Fsp3) is 0.263. The molecule has 0 unspecified atom stereocenters. The predicted octanol–water partition coefficient (Wildman–Crippen LogP) is 4.60. The highest BCUT2D eigenvalue weighted by atomic mass is 35.5. The number of amides is 2. The quantitative estimate of drug-likeness (QED) is 0.850. The number of aryl methyl sites for hydroxylation is 1. The fourth-order valence-corrected chi connectivity index (χ4v) is 3.21. The number of halogens is 2. The summed E-state index contributed by atoms with van der Waals surface area (Å²) < 4.78 is 0. The summed E-state index contributed by atoms with van der Waals surface area (Å²) in [5.74, 6) is -0.673. The SMILES string of the molecule is Cc1ccc(N2C[C@H](C(=O)Nc3cccc(Cl)c3C)CC2=O)cc1Cl. The second-order valence-corrected chi connectivity index (χ2v) is 7.05. The highest BCUT2D eigenvalue weighted by molar-refractivity contribution is 6.32. The Morgan fingerprint density at radius 2 is 1.92 bits per heavy atom. The third-order valence-corrected chi connectivity index (χ3v) is 5.31. The van der Waals surface area contributed by atoms with Crippen molar-refractivity contribution < 1.29 is 9.59 Å². The van der Waals surface area contributed by atoms with Gasteiger partial charge in [-0.25, -0.2) is 0 Å². The zero-order valence-corrected chi connectivity index (χ0v) is 15.5. The zero-order chi connectivity index (χ0) is 18.1. The Balaban J connectivity index is 1.74. The van der Waals surface area contributed by atoms with Crippen LogP contribution in [-0.2, 0) is 9.59 Å². The van der Waals surface area contributed by atoms with Crippen LogP contribution in [0.15, 0.2) is 36.4 Å². The van der Waals surface area contributed by atoms with E-state index in [0.717, 1.165) is 16.8 Å². The molecule has 2 aromatic rings. The van der Waals surface area contributed by atoms with E-state index < -0.39 is 5.92 Å². The van der Waals surface area contributed by atoms with Gasteiger partial charge in [-0.1, -0.05) is 35.3 Å². The lowest BCUT2D eigenvalue weighted by molar-refractivity contribution is -0.122. The number of hydrogen-bond acceptors (Lipinski definition) is 2. The van der Waals surface area contributed by atoms with Crippen molar-refractivity contribution in [1.29, 1.82) is 0 Å². The normalized spacial score (nSPS) is 17.0. The van der Waals surface area contributed by atoms with Crippen LogP contribution in [0.4, 0.5) is 11.4 Å². The molecule has 0 spiro atoms. The Hall–Kier alpha value is -2.04. The Morgan fingerprint density at radius 3 is 2.64 bits per heavy atom. The molecule has 4 nitrogen and oxygen atoms in total. The van der Waals surface area contributed by atoms with Crippen LogP contribution in [0.3, 0.4) is 0 Å². The van der Waals surface area contributed by atoms with Crippen molar-refractivity contribution in [3.05, 3.63) is 57.6 Å². The lowest BCUT2D eigenvalue weighted by Gasteiger charge is -2.18. The molecule has 1 heterocycles. The van der Waals surface area contributed by atoms with Crippen LogP contribution in [0.2, 0.25) is 10.0 Å². The minimum Gasteiger partial charge on any atom is -0.325 e. The van der Waals surface area contributed by atoms with E-state index in [0.29, 0.717) is 22.3 Å². The summed E-state index contributed by atoms with van der Waals surface area (Å²) in [6.07, 6.45) is 0.178. The van der Waals surface area contributed by atoms with Crippen LogP contribution >= 0.6 is 23.2 Å². The topological polar surface area (TPSA) is 49.4 Å². The average Bonchev–Trinajstić information content (AvgIpc) is 2.96. The van der Waals surface area contributed by atoms with Gasteiger partial charge in [0.25, 0.3) is 0 Å². The largest absolute Gasteiger partial charge is 0.325 e. The number of nitrogens with zero attached hydrogens (tertiary/aromatic N) is 1. The Bertz CT molecular complexity index is 851. The molecule has 2 aromatic carbocycles. The molecule has 1 atom stereocenters. The van der Waals surface area contributed by atoms with E-state index in [1.807, 2.05) is 26.0 Å². The van der Waals surface area contributed by atoms with E-state index in [2.05, 4.69) is 5.32 Å². The fourth-order valence-electron chi connectivity index (χ4n) is 2.86. The van der Waals surface area contributed by atoms with Gasteiger partial charge in [0, 0.05) is 34.4 Å². The van der Waals surface area contributed by atoms with Gasteiger partial charge in [-0.3, -0.25) is 9.59 Å². The summed E-state index contributed by atoms with van der Waals surface area (Å²) in [5, 5.41) is 4.08. The molecule has 1 fully saturated rings. The van der Waals surface area contributed by atoms with E-state index in [9.17, 15) is 9.59 Å². The summed E-state index contributed by atoms with van der Waals surface area (Å²) in [7, 11) is 0. The van der Waals surface area contributed by atoms with Crippen molar-refractivity contribution in [3.63, 3.8) is 0 Å². The van der Waals surface area contributed by atoms with Gasteiger partial charge >= 0.3 is 0 Å². The Morgan fingerprint density at radius 1 is 1.16 bits per heavy atom. The van der Waals surface area contributed by atoms with Crippen LogP contribution in [0.25, 0.3) is 0 Å². The first-order chi connectivity index (χ1) is 11.9. The number of anilines is 2. The van der Waals surface area contributed by atoms with Gasteiger partial charge in [-0.05, 0) is 49.2 Å². The predicted molar refractivity (Wildman–Crippen MR) is 101 cm³/mol. The number of carbonyl (C=O) groups is 2. The molecule has 1 aliphatic rings. The second-order valence-electron chi connectivity index (χ2n) is 6.24. The van der Waals surface area contributed by atoms with E-state index in [1.54, 1.807) is 29.2 Å². The van der Waals surface area contributed by atoms with Crippen molar-refractivity contribution in [2.24, 2.45) is 5.92 Å². The van der Waals surface area contributed by atoms with Crippen molar-refractivity contribution in [2.45, 2.75) is 20.3 Å². The maximum Gasteiger partial charge on any atom is 0.229 e. The van der Waals surface area contributed by atoms with Gasteiger partial charge < -0.3 is 10.2 Å². The molecule has 2 amide bonds. The molecule has 1 aliphatic heterocycles. The molecule has 1 saturated heterocycles. The molecule has 3 rings (SSSR count). The monoisotopic (exact) mass is 376 g/mol. The molecular formula is C19H18Cl2N2O2. The lowest BCUT2D eigenvalue weighted by atomic mass is 10.1. The van der Waals surface area contributed by atoms with Gasteiger partial charge in [0.2, 0.25) is 11.8 Å². The zero-order valence-electron chi connectivity index (χ0n) is 14.0. The summed E-state index contributed by atoms with van der Waals surface area (Å²) >= 11 is 12.2. The third-order valence-electron chi connectivity index (χ3n) is 4.49. The summed E-state index contributed by atoms with van der Waals surface area (Å²) in [5.41, 5.74) is 3.14. The van der Waals surface area contributed by atoms with Crippen LogP contribution in [0.5, 0.6) is 0 Å². The smallest absolute Gasteiger partial charge is 0.229 e. The molecule has 25 heavy (non-hydrogen) atoms. The van der Waals surface area contributed by atoms with Crippen molar-refractivity contribution in [1.82, 2.24) is 0 Å². The number of nitrogens with one attached hydrogen (secondary N) is 1. The van der Waals surface area contributed by atoms with Gasteiger partial charge in [0.05, 0.1) is 5.92 Å². The van der Waals surface area contributed by atoms with E-state index in [4.69, 9.17) is 23.2 Å². The second kappa shape index (κ2) is 7.06. The summed E-state index contributed by atoms with van der Waals surface area (Å²) in [6.45, 7) is 4.09. The van der Waals surface area contributed by atoms with Crippen LogP contribution in [-0.4, -0.2) is 18.4 Å². The minimum absolute atomic E-state index is 0.0807. The van der Waals surface area contributed by atoms with Gasteiger partial charge in [0.1, 0.15) is 0 Å². The number of rotatable bonds is 3. The van der Waals surface area contributed by atoms with Crippen molar-refractivity contribution in [3.8, 4) is 0 Å². The van der Waals surface area contributed by atoms with E-state index >= 15 is 0 Å². The maximum atomic E-state index is 12.6. The molecule has 0 saturated carbocycles. The molecule has 130 valence electrons. The number of benzene rings is 2. The maximum absolute atomic E-state index is 12.6. The molecule has 0 aromatic heterocycles.